The van der Waals surface area contributed by atoms with Crippen LogP contribution in [0, 0.1) is 11.8 Å². The number of aromatic nitrogens is 1. The van der Waals surface area contributed by atoms with Crippen LogP contribution in [0.3, 0.4) is 0 Å². The number of hydrogen-bond donors (Lipinski definition) is 2. The van der Waals surface area contributed by atoms with Crippen molar-refractivity contribution in [2.75, 3.05) is 38.8 Å². The van der Waals surface area contributed by atoms with Crippen molar-refractivity contribution in [2.24, 2.45) is 11.8 Å². The maximum atomic E-state index is 14.0. The number of benzene rings is 3. The van der Waals surface area contributed by atoms with Gasteiger partial charge in [-0.2, -0.15) is 11.8 Å². The van der Waals surface area contributed by atoms with E-state index >= 15 is 0 Å². The zero-order valence-electron chi connectivity index (χ0n) is 36.5. The second kappa shape index (κ2) is 21.8. The van der Waals surface area contributed by atoms with Crippen molar-refractivity contribution in [1.29, 1.82) is 0 Å². The largest absolute Gasteiger partial charge is 0.496 e. The topological polar surface area (TPSA) is 99.9 Å². The van der Waals surface area contributed by atoms with Crippen LogP contribution in [0.15, 0.2) is 101 Å². The standard InChI is InChI=1S/C49H61Cl2N5O4S/c1-8-33(5)38(24-46(59-6)35-12-16-39(50)17-13-35)26-55-28-42(30-61-7)52-48(57)45(55)22-32(4)21-34-10-9-11-37(23-34)43-29-56(44(20-31(2)3)49(58)53-43)27-41-25-47(60-54-41)36-14-18-40(51)19-15-36/h9-19,23-25,31-32,42-45H,8,20-22,26-30H2,1-7H3,(H,52,57)(H,53,58). The monoisotopic (exact) mass is 885 g/mol. The third-order valence-corrected chi connectivity index (χ3v) is 13.0. The molecule has 9 nitrogen and oxygen atoms in total. The van der Waals surface area contributed by atoms with Gasteiger partial charge in [0.15, 0.2) is 5.76 Å². The highest BCUT2D eigenvalue weighted by atomic mass is 35.5. The maximum absolute atomic E-state index is 14.0. The van der Waals surface area contributed by atoms with Crippen molar-refractivity contribution >= 4 is 52.5 Å². The smallest absolute Gasteiger partial charge is 0.237 e. The van der Waals surface area contributed by atoms with Crippen molar-refractivity contribution in [3.8, 4) is 11.3 Å². The highest BCUT2D eigenvalue weighted by Crippen LogP contribution is 2.30. The number of rotatable bonds is 18. The molecule has 2 amide bonds. The fourth-order valence-electron chi connectivity index (χ4n) is 8.48. The van der Waals surface area contributed by atoms with E-state index < -0.39 is 0 Å². The molecule has 5 atom stereocenters. The predicted octanol–water partition coefficient (Wildman–Crippen LogP) is 10.3. The molecule has 0 bridgehead atoms. The Bertz CT molecular complexity index is 2150. The first-order chi connectivity index (χ1) is 29.3. The lowest BCUT2D eigenvalue weighted by atomic mass is 9.89. The molecule has 12 heteroatoms. The average Bonchev–Trinajstić information content (AvgIpc) is 3.70. The number of nitrogens with one attached hydrogen (secondary N) is 2. The second-order valence-electron chi connectivity index (χ2n) is 17.1. The van der Waals surface area contributed by atoms with E-state index in [2.05, 4.69) is 96.8 Å². The van der Waals surface area contributed by atoms with E-state index in [0.717, 1.165) is 65.3 Å². The fourth-order valence-corrected chi connectivity index (χ4v) is 9.33. The first-order valence-electron chi connectivity index (χ1n) is 21.4. The summed E-state index contributed by atoms with van der Waals surface area (Å²) in [4.78, 5) is 32.4. The third-order valence-electron chi connectivity index (χ3n) is 11.8. The molecular formula is C49H61Cl2N5O4S. The summed E-state index contributed by atoms with van der Waals surface area (Å²) in [5.41, 5.74) is 7.28. The Hall–Kier alpha value is -4.06. The number of allylic oxidation sites excluding steroid dienone is 1. The number of piperazine rings is 2. The van der Waals surface area contributed by atoms with E-state index in [1.807, 2.05) is 54.6 Å². The number of thioether (sulfide) groups is 1. The number of amides is 2. The van der Waals surface area contributed by atoms with Gasteiger partial charge in [0.05, 0.1) is 37.0 Å². The van der Waals surface area contributed by atoms with Crippen LogP contribution in [0.25, 0.3) is 17.1 Å². The molecule has 0 spiro atoms. The Balaban J connectivity index is 1.17. The Morgan fingerprint density at radius 2 is 1.62 bits per heavy atom. The number of ether oxygens (including phenoxy) is 1. The van der Waals surface area contributed by atoms with Gasteiger partial charge in [0.25, 0.3) is 0 Å². The van der Waals surface area contributed by atoms with E-state index in [0.29, 0.717) is 47.8 Å². The number of carbonyl (C=O) groups excluding carboxylic acids is 2. The zero-order chi connectivity index (χ0) is 43.6. The predicted molar refractivity (Wildman–Crippen MR) is 251 cm³/mol. The van der Waals surface area contributed by atoms with Crippen LogP contribution >= 0.6 is 35.0 Å². The summed E-state index contributed by atoms with van der Waals surface area (Å²) in [6.45, 7) is 13.4. The number of carbonyl (C=O) groups is 2. The van der Waals surface area contributed by atoms with Gasteiger partial charge in [-0.15, -0.1) is 0 Å². The summed E-state index contributed by atoms with van der Waals surface area (Å²) in [7, 11) is 1.70. The molecule has 1 aromatic heterocycles. The first-order valence-corrected chi connectivity index (χ1v) is 23.6. The van der Waals surface area contributed by atoms with Gasteiger partial charge in [-0.05, 0) is 122 Å². The Labute approximate surface area is 376 Å². The summed E-state index contributed by atoms with van der Waals surface area (Å²) in [6.07, 6.45) is 7.35. The molecule has 3 heterocycles. The first kappa shape index (κ1) is 46.4. The van der Waals surface area contributed by atoms with Gasteiger partial charge < -0.3 is 19.9 Å². The zero-order valence-corrected chi connectivity index (χ0v) is 38.9. The molecule has 2 aliphatic rings. The molecule has 2 fully saturated rings. The molecule has 0 radical (unpaired) electrons. The lowest BCUT2D eigenvalue weighted by Gasteiger charge is -2.41. The summed E-state index contributed by atoms with van der Waals surface area (Å²) in [6, 6.07) is 25.0. The molecule has 2 saturated heterocycles. The number of hydrogen-bond acceptors (Lipinski definition) is 8. The quantitative estimate of drug-likeness (QED) is 0.0753. The lowest BCUT2D eigenvalue weighted by Crippen LogP contribution is -2.61. The van der Waals surface area contributed by atoms with E-state index in [4.69, 9.17) is 32.5 Å². The summed E-state index contributed by atoms with van der Waals surface area (Å²) in [5.74, 6) is 2.94. The normalized spacial score (nSPS) is 21.2. The van der Waals surface area contributed by atoms with Gasteiger partial charge in [0.2, 0.25) is 11.8 Å². The van der Waals surface area contributed by atoms with Gasteiger partial charge in [0, 0.05) is 59.2 Å². The van der Waals surface area contributed by atoms with Gasteiger partial charge in [0.1, 0.15) is 5.76 Å². The fraction of sp³-hybridized carbons (Fsp3) is 0.449. The third kappa shape index (κ3) is 12.5. The number of nitrogens with zero attached hydrogens (tertiary/aromatic N) is 3. The number of halogens is 2. The van der Waals surface area contributed by atoms with Crippen LogP contribution in [0.5, 0.6) is 0 Å². The summed E-state index contributed by atoms with van der Waals surface area (Å²) in [5, 5.41) is 12.4. The van der Waals surface area contributed by atoms with E-state index in [1.165, 1.54) is 11.1 Å². The maximum Gasteiger partial charge on any atom is 0.237 e. The molecule has 0 saturated carbocycles. The van der Waals surface area contributed by atoms with Crippen LogP contribution in [-0.4, -0.2) is 83.6 Å². The minimum Gasteiger partial charge on any atom is -0.496 e. The highest BCUT2D eigenvalue weighted by molar-refractivity contribution is 7.98. The van der Waals surface area contributed by atoms with Gasteiger partial charge in [-0.1, -0.05) is 85.9 Å². The number of methoxy groups -OCH3 is 1. The Morgan fingerprint density at radius 1 is 0.934 bits per heavy atom. The second-order valence-corrected chi connectivity index (χ2v) is 18.9. The van der Waals surface area contributed by atoms with Gasteiger partial charge >= 0.3 is 0 Å². The van der Waals surface area contributed by atoms with Crippen molar-refractivity contribution in [2.45, 2.75) is 91.0 Å². The molecule has 3 aromatic carbocycles. The molecule has 326 valence electrons. The van der Waals surface area contributed by atoms with Crippen molar-refractivity contribution in [3.05, 3.63) is 129 Å². The molecule has 2 N–H and O–H groups in total. The molecule has 0 aliphatic carbocycles. The van der Waals surface area contributed by atoms with Crippen LogP contribution in [0.1, 0.15) is 82.3 Å². The van der Waals surface area contributed by atoms with Crippen molar-refractivity contribution in [1.82, 2.24) is 25.6 Å². The van der Waals surface area contributed by atoms with Gasteiger partial charge in [-0.3, -0.25) is 19.4 Å². The SMILES string of the molecule is CCC(C)=C(C=C(OC)c1ccc(Cl)cc1)CN1CC(CSC)NC(=O)C1CC(C)Cc1cccc(C2CN(Cc3cc(-c4ccc(Cl)cc4)on3)C(CC(C)C)C(=O)N2)c1. The van der Waals surface area contributed by atoms with E-state index in [-0.39, 0.29) is 41.9 Å². The van der Waals surface area contributed by atoms with E-state index in [9.17, 15) is 9.59 Å². The molecule has 5 unspecified atom stereocenters. The van der Waals surface area contributed by atoms with Crippen molar-refractivity contribution in [3.63, 3.8) is 0 Å². The van der Waals surface area contributed by atoms with Crippen LogP contribution < -0.4 is 10.6 Å². The van der Waals surface area contributed by atoms with Gasteiger partial charge in [-0.25, -0.2) is 0 Å². The molecule has 6 rings (SSSR count). The minimum atomic E-state index is -0.285. The molecular weight excluding hydrogens is 826 g/mol. The van der Waals surface area contributed by atoms with Crippen LogP contribution in [-0.2, 0) is 27.3 Å². The summed E-state index contributed by atoms with van der Waals surface area (Å²) >= 11 is 14.1. The highest BCUT2D eigenvalue weighted by Gasteiger charge is 2.37. The van der Waals surface area contributed by atoms with Crippen LogP contribution in [0.2, 0.25) is 10.0 Å². The van der Waals surface area contributed by atoms with E-state index in [1.54, 1.807) is 18.9 Å². The Morgan fingerprint density at radius 3 is 2.30 bits per heavy atom. The molecule has 4 aromatic rings. The molecule has 61 heavy (non-hydrogen) atoms. The average molecular weight is 887 g/mol. The van der Waals surface area contributed by atoms with Crippen LogP contribution in [0.4, 0.5) is 0 Å². The summed E-state index contributed by atoms with van der Waals surface area (Å²) < 4.78 is 11.6. The lowest BCUT2D eigenvalue weighted by molar-refractivity contribution is -0.132. The Kier molecular flexibility index (Phi) is 16.6. The van der Waals surface area contributed by atoms with Crippen molar-refractivity contribution < 1.29 is 18.8 Å². The minimum absolute atomic E-state index is 0.0284. The molecule has 2 aliphatic heterocycles.